The highest BCUT2D eigenvalue weighted by atomic mass is 16.5. The second-order valence-corrected chi connectivity index (χ2v) is 4.14. The van der Waals surface area contributed by atoms with Crippen LogP contribution in [0.25, 0.3) is 0 Å². The number of ether oxygens (including phenoxy) is 1. The molecule has 0 bridgehead atoms. The first-order chi connectivity index (χ1) is 8.84. The van der Waals surface area contributed by atoms with Crippen LogP contribution >= 0.6 is 0 Å². The van der Waals surface area contributed by atoms with Crippen LogP contribution < -0.4 is 15.4 Å². The third-order valence-electron chi connectivity index (χ3n) is 2.89. The van der Waals surface area contributed by atoms with Crippen LogP contribution in [0.4, 0.5) is 17.3 Å². The van der Waals surface area contributed by atoms with Crippen LogP contribution in [-0.4, -0.2) is 23.3 Å². The van der Waals surface area contributed by atoms with Crippen LogP contribution in [0, 0.1) is 0 Å². The van der Waals surface area contributed by atoms with Crippen molar-refractivity contribution in [2.45, 2.75) is 6.42 Å². The Morgan fingerprint density at radius 2 is 2.00 bits per heavy atom. The van der Waals surface area contributed by atoms with Crippen molar-refractivity contribution in [2.24, 2.45) is 0 Å². The molecule has 0 saturated carbocycles. The number of aromatic nitrogens is 2. The topological polar surface area (TPSA) is 64.3 Å². The van der Waals surface area contributed by atoms with E-state index in [0.717, 1.165) is 36.8 Å². The summed E-state index contributed by atoms with van der Waals surface area (Å²) in [5, 5.41) is 8.04. The van der Waals surface area contributed by atoms with E-state index in [1.54, 1.807) is 6.07 Å². The highest BCUT2D eigenvalue weighted by Gasteiger charge is 2.18. The molecule has 0 spiro atoms. The van der Waals surface area contributed by atoms with Crippen molar-refractivity contribution in [1.82, 2.24) is 10.2 Å². The molecule has 5 heteroatoms. The molecule has 2 N–H and O–H groups in total. The van der Waals surface area contributed by atoms with Gasteiger partial charge in [0.15, 0.2) is 5.82 Å². The van der Waals surface area contributed by atoms with Gasteiger partial charge in [0, 0.05) is 6.54 Å². The maximum atomic E-state index is 5.71. The number of nitrogens with two attached hydrogens (primary N) is 1. The second-order valence-electron chi connectivity index (χ2n) is 4.14. The van der Waals surface area contributed by atoms with Crippen LogP contribution in [0.3, 0.4) is 0 Å². The van der Waals surface area contributed by atoms with Gasteiger partial charge in [-0.25, -0.2) is 0 Å². The van der Waals surface area contributed by atoms with E-state index in [1.807, 2.05) is 30.3 Å². The molecule has 0 atom stereocenters. The Morgan fingerprint density at radius 1 is 1.11 bits per heavy atom. The molecule has 1 aromatic heterocycles. The molecule has 3 rings (SSSR count). The van der Waals surface area contributed by atoms with E-state index in [4.69, 9.17) is 10.5 Å². The minimum atomic E-state index is 0.429. The molecular formula is C13H14N4O. The smallest absolute Gasteiger partial charge is 0.155 e. The Balaban J connectivity index is 2.03. The average Bonchev–Trinajstić information content (AvgIpc) is 2.62. The number of anilines is 3. The lowest BCUT2D eigenvalue weighted by atomic mass is 10.2. The van der Waals surface area contributed by atoms with Crippen molar-refractivity contribution in [3.63, 3.8) is 0 Å². The van der Waals surface area contributed by atoms with E-state index in [0.29, 0.717) is 5.82 Å². The quantitative estimate of drug-likeness (QED) is 0.828. The fraction of sp³-hybridized carbons (Fsp3) is 0.231. The first kappa shape index (κ1) is 10.8. The van der Waals surface area contributed by atoms with Gasteiger partial charge in [-0.05, 0) is 30.7 Å². The third kappa shape index (κ3) is 1.95. The van der Waals surface area contributed by atoms with Gasteiger partial charge in [-0.2, -0.15) is 0 Å². The number of fused-ring (bicyclic) bond motifs is 1. The highest BCUT2D eigenvalue weighted by Crippen LogP contribution is 2.34. The SMILES string of the molecule is Nc1ccc(N2CCCOc3ccccc32)nn1. The van der Waals surface area contributed by atoms with Gasteiger partial charge in [-0.15, -0.1) is 10.2 Å². The summed E-state index contributed by atoms with van der Waals surface area (Å²) in [6.07, 6.45) is 0.945. The molecule has 5 nitrogen and oxygen atoms in total. The number of benzene rings is 1. The predicted molar refractivity (Wildman–Crippen MR) is 70.0 cm³/mol. The third-order valence-corrected chi connectivity index (χ3v) is 2.89. The second kappa shape index (κ2) is 4.52. The van der Waals surface area contributed by atoms with Gasteiger partial charge >= 0.3 is 0 Å². The van der Waals surface area contributed by atoms with E-state index in [2.05, 4.69) is 15.1 Å². The number of hydrogen-bond donors (Lipinski definition) is 1. The monoisotopic (exact) mass is 242 g/mol. The van der Waals surface area contributed by atoms with Gasteiger partial charge < -0.3 is 15.4 Å². The molecule has 0 saturated heterocycles. The van der Waals surface area contributed by atoms with Crippen molar-refractivity contribution in [3.05, 3.63) is 36.4 Å². The van der Waals surface area contributed by atoms with E-state index < -0.39 is 0 Å². The van der Waals surface area contributed by atoms with Crippen LogP contribution in [0.5, 0.6) is 5.75 Å². The zero-order chi connectivity index (χ0) is 12.4. The van der Waals surface area contributed by atoms with Crippen molar-refractivity contribution < 1.29 is 4.74 Å². The van der Waals surface area contributed by atoms with Gasteiger partial charge in [0.2, 0.25) is 0 Å². The van der Waals surface area contributed by atoms with Crippen LogP contribution in [-0.2, 0) is 0 Å². The van der Waals surface area contributed by atoms with Crippen molar-refractivity contribution in [3.8, 4) is 5.75 Å². The zero-order valence-corrected chi connectivity index (χ0v) is 9.91. The highest BCUT2D eigenvalue weighted by molar-refractivity contribution is 5.67. The Bertz CT molecular complexity index is 541. The molecule has 92 valence electrons. The maximum Gasteiger partial charge on any atom is 0.155 e. The lowest BCUT2D eigenvalue weighted by molar-refractivity contribution is 0.322. The van der Waals surface area contributed by atoms with Gasteiger partial charge in [-0.1, -0.05) is 12.1 Å². The molecule has 0 radical (unpaired) electrons. The molecule has 1 aliphatic rings. The summed E-state index contributed by atoms with van der Waals surface area (Å²) in [6, 6.07) is 11.6. The zero-order valence-electron chi connectivity index (χ0n) is 9.91. The van der Waals surface area contributed by atoms with Gasteiger partial charge in [0.1, 0.15) is 11.6 Å². The lowest BCUT2D eigenvalue weighted by Crippen LogP contribution is -2.19. The molecule has 1 aromatic carbocycles. The minimum Gasteiger partial charge on any atom is -0.491 e. The summed E-state index contributed by atoms with van der Waals surface area (Å²) >= 11 is 0. The fourth-order valence-electron chi connectivity index (χ4n) is 2.04. The molecule has 0 amide bonds. The summed E-state index contributed by atoms with van der Waals surface area (Å²) in [6.45, 7) is 1.57. The number of hydrogen-bond acceptors (Lipinski definition) is 5. The first-order valence-electron chi connectivity index (χ1n) is 5.93. The predicted octanol–water partition coefficient (Wildman–Crippen LogP) is 1.98. The Labute approximate surface area is 105 Å². The Kier molecular flexibility index (Phi) is 2.72. The van der Waals surface area contributed by atoms with Crippen LogP contribution in [0.15, 0.2) is 36.4 Å². The standard InChI is InChI=1S/C13H14N4O/c14-12-6-7-13(16-15-12)17-8-3-9-18-11-5-2-1-4-10(11)17/h1-2,4-7H,3,8-9H2,(H2,14,15). The van der Waals surface area contributed by atoms with Crippen molar-refractivity contribution in [2.75, 3.05) is 23.8 Å². The minimum absolute atomic E-state index is 0.429. The Morgan fingerprint density at radius 3 is 2.83 bits per heavy atom. The molecule has 0 unspecified atom stereocenters. The number of para-hydroxylation sites is 2. The Hall–Kier alpha value is -2.30. The lowest BCUT2D eigenvalue weighted by Gasteiger charge is -2.21. The normalized spacial score (nSPS) is 14.6. The van der Waals surface area contributed by atoms with E-state index in [9.17, 15) is 0 Å². The van der Waals surface area contributed by atoms with E-state index >= 15 is 0 Å². The average molecular weight is 242 g/mol. The summed E-state index contributed by atoms with van der Waals surface area (Å²) in [5.74, 6) is 2.11. The molecule has 18 heavy (non-hydrogen) atoms. The van der Waals surface area contributed by atoms with Gasteiger partial charge in [-0.3, -0.25) is 0 Å². The van der Waals surface area contributed by atoms with Gasteiger partial charge in [0.05, 0.1) is 12.3 Å². The summed E-state index contributed by atoms with van der Waals surface area (Å²) in [5.41, 5.74) is 6.59. The number of nitrogen functional groups attached to an aromatic ring is 1. The van der Waals surface area contributed by atoms with Crippen LogP contribution in [0.2, 0.25) is 0 Å². The number of rotatable bonds is 1. The largest absolute Gasteiger partial charge is 0.491 e. The molecule has 2 heterocycles. The molecule has 0 fully saturated rings. The maximum absolute atomic E-state index is 5.71. The first-order valence-corrected chi connectivity index (χ1v) is 5.93. The van der Waals surface area contributed by atoms with Crippen molar-refractivity contribution >= 4 is 17.3 Å². The molecule has 2 aromatic rings. The molecule has 1 aliphatic heterocycles. The van der Waals surface area contributed by atoms with E-state index in [1.165, 1.54) is 0 Å². The van der Waals surface area contributed by atoms with Crippen LogP contribution in [0.1, 0.15) is 6.42 Å². The van der Waals surface area contributed by atoms with E-state index in [-0.39, 0.29) is 0 Å². The summed E-state index contributed by atoms with van der Waals surface area (Å²) < 4.78 is 5.71. The van der Waals surface area contributed by atoms with Gasteiger partial charge in [0.25, 0.3) is 0 Å². The summed E-state index contributed by atoms with van der Waals surface area (Å²) in [7, 11) is 0. The van der Waals surface area contributed by atoms with Crippen molar-refractivity contribution in [1.29, 1.82) is 0 Å². The molecular weight excluding hydrogens is 228 g/mol. The number of nitrogens with zero attached hydrogens (tertiary/aromatic N) is 3. The fourth-order valence-corrected chi connectivity index (χ4v) is 2.04. The molecule has 0 aliphatic carbocycles. The summed E-state index contributed by atoms with van der Waals surface area (Å²) in [4.78, 5) is 2.11.